The zero-order valence-electron chi connectivity index (χ0n) is 14.4. The Morgan fingerprint density at radius 3 is 2.67 bits per heavy atom. The molecular formula is C18H32N2O. The number of piperidine rings is 1. The number of hydrogen-bond acceptors (Lipinski definition) is 2. The number of likely N-dealkylation sites (tertiary alicyclic amines) is 1. The van der Waals surface area contributed by atoms with E-state index in [4.69, 9.17) is 0 Å². The van der Waals surface area contributed by atoms with Crippen molar-refractivity contribution >= 4 is 5.91 Å². The van der Waals surface area contributed by atoms with E-state index in [1.54, 1.807) is 0 Å². The van der Waals surface area contributed by atoms with Gasteiger partial charge >= 0.3 is 0 Å². The van der Waals surface area contributed by atoms with Crippen LogP contribution >= 0.6 is 0 Å². The van der Waals surface area contributed by atoms with E-state index in [9.17, 15) is 4.79 Å². The SMILES string of the molecule is CCN1CCCC[C@@H]1CNC(=O)[C@H]1[C@@H](C=C(C)C)C1(C)C. The van der Waals surface area contributed by atoms with Gasteiger partial charge in [0.2, 0.25) is 5.91 Å². The molecular weight excluding hydrogens is 260 g/mol. The molecule has 1 aliphatic heterocycles. The van der Waals surface area contributed by atoms with Crippen LogP contribution in [-0.4, -0.2) is 36.5 Å². The van der Waals surface area contributed by atoms with E-state index in [2.05, 4.69) is 50.9 Å². The van der Waals surface area contributed by atoms with Gasteiger partial charge in [-0.2, -0.15) is 0 Å². The first-order valence-electron chi connectivity index (χ1n) is 8.54. The molecule has 1 heterocycles. The first-order valence-corrected chi connectivity index (χ1v) is 8.54. The number of rotatable bonds is 5. The highest BCUT2D eigenvalue weighted by molar-refractivity contribution is 5.83. The molecule has 0 aromatic rings. The van der Waals surface area contributed by atoms with Crippen molar-refractivity contribution in [3.8, 4) is 0 Å². The molecule has 1 amide bonds. The Labute approximate surface area is 130 Å². The molecule has 0 unspecified atom stereocenters. The zero-order valence-corrected chi connectivity index (χ0v) is 14.4. The van der Waals surface area contributed by atoms with Gasteiger partial charge in [-0.25, -0.2) is 0 Å². The summed E-state index contributed by atoms with van der Waals surface area (Å²) in [5, 5.41) is 3.23. The van der Waals surface area contributed by atoms with Crippen LogP contribution in [0.15, 0.2) is 11.6 Å². The number of allylic oxidation sites excluding steroid dienone is 2. The number of carbonyl (C=O) groups is 1. The van der Waals surface area contributed by atoms with Crippen molar-refractivity contribution < 1.29 is 4.79 Å². The summed E-state index contributed by atoms with van der Waals surface area (Å²) in [6.45, 7) is 14.0. The highest BCUT2D eigenvalue weighted by Gasteiger charge is 2.60. The average molecular weight is 292 g/mol. The molecule has 3 atom stereocenters. The molecule has 0 radical (unpaired) electrons. The van der Waals surface area contributed by atoms with E-state index in [1.165, 1.54) is 31.4 Å². The Balaban J connectivity index is 1.86. The Bertz CT molecular complexity index is 409. The fourth-order valence-corrected chi connectivity index (χ4v) is 3.88. The predicted molar refractivity (Wildman–Crippen MR) is 88.1 cm³/mol. The van der Waals surface area contributed by atoms with Gasteiger partial charge in [0, 0.05) is 12.6 Å². The third kappa shape index (κ3) is 3.68. The Morgan fingerprint density at radius 1 is 1.33 bits per heavy atom. The summed E-state index contributed by atoms with van der Waals surface area (Å²) < 4.78 is 0. The number of nitrogens with zero attached hydrogens (tertiary/aromatic N) is 1. The predicted octanol–water partition coefficient (Wildman–Crippen LogP) is 3.22. The molecule has 1 N–H and O–H groups in total. The van der Waals surface area contributed by atoms with Crippen LogP contribution in [0.3, 0.4) is 0 Å². The second kappa shape index (κ2) is 6.51. The second-order valence-electron chi connectivity index (χ2n) is 7.59. The molecule has 2 rings (SSSR count). The van der Waals surface area contributed by atoms with Gasteiger partial charge in [-0.15, -0.1) is 0 Å². The van der Waals surface area contributed by atoms with E-state index in [0.29, 0.717) is 12.0 Å². The van der Waals surface area contributed by atoms with E-state index < -0.39 is 0 Å². The monoisotopic (exact) mass is 292 g/mol. The minimum absolute atomic E-state index is 0.123. The van der Waals surface area contributed by atoms with Crippen LogP contribution in [0.4, 0.5) is 0 Å². The maximum absolute atomic E-state index is 12.5. The first-order chi connectivity index (χ1) is 9.87. The van der Waals surface area contributed by atoms with Crippen molar-refractivity contribution in [2.45, 2.75) is 59.9 Å². The van der Waals surface area contributed by atoms with Crippen molar-refractivity contribution in [3.63, 3.8) is 0 Å². The summed E-state index contributed by atoms with van der Waals surface area (Å²) in [6.07, 6.45) is 6.09. The lowest BCUT2D eigenvalue weighted by atomic mass is 10.0. The van der Waals surface area contributed by atoms with Gasteiger partial charge < -0.3 is 5.32 Å². The molecule has 3 heteroatoms. The van der Waals surface area contributed by atoms with Gasteiger partial charge in [0.05, 0.1) is 5.92 Å². The molecule has 2 fully saturated rings. The van der Waals surface area contributed by atoms with Crippen LogP contribution in [0.1, 0.15) is 53.9 Å². The van der Waals surface area contributed by atoms with Gasteiger partial charge in [0.1, 0.15) is 0 Å². The maximum Gasteiger partial charge on any atom is 0.224 e. The minimum atomic E-state index is 0.123. The van der Waals surface area contributed by atoms with E-state index in [-0.39, 0.29) is 17.2 Å². The van der Waals surface area contributed by atoms with Gasteiger partial charge in [-0.05, 0) is 51.1 Å². The lowest BCUT2D eigenvalue weighted by Crippen LogP contribution is -2.46. The Kier molecular flexibility index (Phi) is 5.13. The number of nitrogens with one attached hydrogen (secondary N) is 1. The molecule has 21 heavy (non-hydrogen) atoms. The largest absolute Gasteiger partial charge is 0.354 e. The highest BCUT2D eigenvalue weighted by atomic mass is 16.2. The minimum Gasteiger partial charge on any atom is -0.354 e. The molecule has 0 bridgehead atoms. The summed E-state index contributed by atoms with van der Waals surface area (Å²) in [5.41, 5.74) is 1.44. The Hall–Kier alpha value is -0.830. The smallest absolute Gasteiger partial charge is 0.224 e. The maximum atomic E-state index is 12.5. The van der Waals surface area contributed by atoms with Crippen LogP contribution in [0.25, 0.3) is 0 Å². The lowest BCUT2D eigenvalue weighted by Gasteiger charge is -2.34. The molecule has 0 spiro atoms. The molecule has 1 aliphatic carbocycles. The van der Waals surface area contributed by atoms with Crippen molar-refractivity contribution in [1.29, 1.82) is 0 Å². The first kappa shape index (κ1) is 16.5. The molecule has 0 aromatic heterocycles. The van der Waals surface area contributed by atoms with Gasteiger partial charge in [-0.3, -0.25) is 9.69 Å². The molecule has 120 valence electrons. The van der Waals surface area contributed by atoms with Gasteiger partial charge in [-0.1, -0.05) is 38.8 Å². The number of likely N-dealkylation sites (N-methyl/N-ethyl adjacent to an activating group) is 1. The van der Waals surface area contributed by atoms with Crippen molar-refractivity contribution in [1.82, 2.24) is 10.2 Å². The lowest BCUT2D eigenvalue weighted by molar-refractivity contribution is -0.123. The Morgan fingerprint density at radius 2 is 2.05 bits per heavy atom. The summed E-state index contributed by atoms with van der Waals surface area (Å²) in [4.78, 5) is 15.0. The van der Waals surface area contributed by atoms with Gasteiger partial charge in [0.15, 0.2) is 0 Å². The quantitative estimate of drug-likeness (QED) is 0.789. The summed E-state index contributed by atoms with van der Waals surface area (Å²) >= 11 is 0. The molecule has 1 saturated carbocycles. The number of amides is 1. The molecule has 2 aliphatic rings. The highest BCUT2D eigenvalue weighted by Crippen LogP contribution is 2.59. The van der Waals surface area contributed by atoms with E-state index in [0.717, 1.165) is 13.1 Å². The van der Waals surface area contributed by atoms with Crippen LogP contribution in [0.2, 0.25) is 0 Å². The van der Waals surface area contributed by atoms with Crippen molar-refractivity contribution in [2.75, 3.05) is 19.6 Å². The van der Waals surface area contributed by atoms with Crippen molar-refractivity contribution in [2.24, 2.45) is 17.3 Å². The summed E-state index contributed by atoms with van der Waals surface area (Å²) in [5.74, 6) is 0.825. The van der Waals surface area contributed by atoms with Crippen LogP contribution < -0.4 is 5.32 Å². The summed E-state index contributed by atoms with van der Waals surface area (Å²) in [7, 11) is 0. The fraction of sp³-hybridized carbons (Fsp3) is 0.833. The van der Waals surface area contributed by atoms with Gasteiger partial charge in [0.25, 0.3) is 0 Å². The van der Waals surface area contributed by atoms with Crippen molar-refractivity contribution in [3.05, 3.63) is 11.6 Å². The third-order valence-corrected chi connectivity index (χ3v) is 5.37. The zero-order chi connectivity index (χ0) is 15.6. The van der Waals surface area contributed by atoms with Crippen LogP contribution in [0.5, 0.6) is 0 Å². The average Bonchev–Trinajstić information content (AvgIpc) is 2.96. The fourth-order valence-electron chi connectivity index (χ4n) is 3.88. The number of carbonyl (C=O) groups excluding carboxylic acids is 1. The van der Waals surface area contributed by atoms with E-state index >= 15 is 0 Å². The molecule has 3 nitrogen and oxygen atoms in total. The summed E-state index contributed by atoms with van der Waals surface area (Å²) in [6, 6.07) is 0.538. The van der Waals surface area contributed by atoms with Crippen LogP contribution in [-0.2, 0) is 4.79 Å². The van der Waals surface area contributed by atoms with E-state index in [1.807, 2.05) is 0 Å². The normalized spacial score (nSPS) is 31.6. The van der Waals surface area contributed by atoms with Crippen LogP contribution in [0, 0.1) is 17.3 Å². The standard InChI is InChI=1S/C18H32N2O/c1-6-20-10-8-7-9-14(20)12-19-17(21)16-15(11-13(2)3)18(16,4)5/h11,14-16H,6-10,12H2,1-5H3,(H,19,21)/t14-,15-,16-/m1/s1. The molecule has 1 saturated heterocycles. The topological polar surface area (TPSA) is 32.3 Å². The third-order valence-electron chi connectivity index (χ3n) is 5.37. The number of hydrogen-bond donors (Lipinski definition) is 1. The molecule has 0 aromatic carbocycles. The second-order valence-corrected chi connectivity index (χ2v) is 7.59.